The van der Waals surface area contributed by atoms with Crippen molar-refractivity contribution in [3.05, 3.63) is 53.6 Å². The predicted octanol–water partition coefficient (Wildman–Crippen LogP) is 7.66. The first-order valence-electron chi connectivity index (χ1n) is 17.6. The maximum Gasteiger partial charge on any atom is 0.416 e. The third-order valence-corrected chi connectivity index (χ3v) is 9.57. The predicted molar refractivity (Wildman–Crippen MR) is 185 cm³/mol. The van der Waals surface area contributed by atoms with Crippen molar-refractivity contribution in [3.63, 3.8) is 0 Å². The minimum absolute atomic E-state index is 0.0474. The van der Waals surface area contributed by atoms with Crippen LogP contribution in [-0.2, 0) is 10.9 Å². The second-order valence-corrected chi connectivity index (χ2v) is 13.9. The molecule has 4 atom stereocenters. The molecule has 2 aromatic carbocycles. The first-order valence-corrected chi connectivity index (χ1v) is 17.6. The molecule has 9 nitrogen and oxygen atoms in total. The lowest BCUT2D eigenvalue weighted by Gasteiger charge is -2.36. The fourth-order valence-electron chi connectivity index (χ4n) is 6.69. The highest BCUT2D eigenvalue weighted by molar-refractivity contribution is 6.02. The number of ether oxygens (including phenoxy) is 2. The first-order chi connectivity index (χ1) is 23.3. The Kier molecular flexibility index (Phi) is 14.2. The van der Waals surface area contributed by atoms with E-state index in [9.17, 15) is 27.9 Å². The number of aliphatic hydroxyl groups is 1. The van der Waals surface area contributed by atoms with Gasteiger partial charge in [0.05, 0.1) is 36.0 Å². The zero-order chi connectivity index (χ0) is 35.6. The third-order valence-electron chi connectivity index (χ3n) is 9.57. The van der Waals surface area contributed by atoms with Crippen LogP contribution in [0.25, 0.3) is 0 Å². The van der Waals surface area contributed by atoms with Crippen LogP contribution in [0.15, 0.2) is 42.5 Å². The molecule has 0 saturated heterocycles. The molecule has 1 aliphatic carbocycles. The molecule has 3 amide bonds. The second kappa shape index (κ2) is 18.1. The van der Waals surface area contributed by atoms with Gasteiger partial charge in [-0.15, -0.1) is 0 Å². The summed E-state index contributed by atoms with van der Waals surface area (Å²) in [6, 6.07) is 7.72. The summed E-state index contributed by atoms with van der Waals surface area (Å²) in [5.41, 5.74) is -0.118. The molecule has 1 saturated carbocycles. The monoisotopic (exact) mass is 690 g/mol. The number of nitrogens with one attached hydrogen (secondary N) is 2. The lowest BCUT2D eigenvalue weighted by molar-refractivity contribution is -0.137. The van der Waals surface area contributed by atoms with Crippen LogP contribution in [0.4, 0.5) is 29.3 Å². The van der Waals surface area contributed by atoms with Crippen LogP contribution in [0.3, 0.4) is 0 Å². The maximum atomic E-state index is 14.4. The molecule has 3 N–H and O–H groups in total. The van der Waals surface area contributed by atoms with Crippen molar-refractivity contribution in [1.29, 1.82) is 0 Å². The third kappa shape index (κ3) is 11.6. The van der Waals surface area contributed by atoms with Crippen LogP contribution in [0.1, 0.15) is 88.1 Å². The molecule has 1 heterocycles. The topological polar surface area (TPSA) is 103 Å². The molecular weight excluding hydrogens is 637 g/mol. The summed E-state index contributed by atoms with van der Waals surface area (Å²) in [5, 5.41) is 15.4. The summed E-state index contributed by atoms with van der Waals surface area (Å²) in [5.74, 6) is 0.659. The number of fused-ring (bicyclic) bond motifs is 1. The van der Waals surface area contributed by atoms with Gasteiger partial charge in [0.1, 0.15) is 5.75 Å². The van der Waals surface area contributed by atoms with Crippen molar-refractivity contribution in [3.8, 4) is 5.75 Å². The number of likely N-dealkylation sites (N-methyl/N-ethyl adjacent to an activating group) is 1. The number of amides is 3. The summed E-state index contributed by atoms with van der Waals surface area (Å²) in [6.45, 7) is 8.29. The van der Waals surface area contributed by atoms with Gasteiger partial charge in [0.2, 0.25) is 0 Å². The van der Waals surface area contributed by atoms with E-state index in [1.165, 1.54) is 50.3 Å². The highest BCUT2D eigenvalue weighted by atomic mass is 19.4. The highest BCUT2D eigenvalue weighted by Crippen LogP contribution is 2.31. The molecule has 0 radical (unpaired) electrons. The maximum absolute atomic E-state index is 14.4. The number of rotatable bonds is 8. The number of benzene rings is 2. The molecule has 2 aliphatic rings. The Balaban J connectivity index is 1.55. The smallest absolute Gasteiger partial charge is 0.416 e. The molecule has 4 rings (SSSR count). The number of aliphatic hydroxyl groups excluding tert-OH is 1. The zero-order valence-corrected chi connectivity index (χ0v) is 29.2. The lowest BCUT2D eigenvalue weighted by Crippen LogP contribution is -2.47. The van der Waals surface area contributed by atoms with Gasteiger partial charge >= 0.3 is 12.2 Å². The minimum Gasteiger partial charge on any atom is -0.490 e. The average molecular weight is 691 g/mol. The summed E-state index contributed by atoms with van der Waals surface area (Å²) < 4.78 is 51.6. The molecule has 272 valence electrons. The number of anilines is 2. The Morgan fingerprint density at radius 3 is 2.31 bits per heavy atom. The van der Waals surface area contributed by atoms with Gasteiger partial charge in [-0.05, 0) is 101 Å². The standard InChI is InChI=1S/C37H53F3N4O5/c1-25-21-44(26(2)24-45)35(46)32-20-31(42-36(47)41-30-15-13-29(14-16-30)37(38,39)40)17-18-33(32)49-27(3)10-8-9-19-48-34(25)23-43(4)22-28-11-6-5-7-12-28/h13-18,20,25-28,34,45H,5-12,19,21-24H2,1-4H3,(H2,41,42,47)/t25-,26-,27-,34+/m1/s1. The largest absolute Gasteiger partial charge is 0.490 e. The van der Waals surface area contributed by atoms with E-state index in [4.69, 9.17) is 9.47 Å². The van der Waals surface area contributed by atoms with Crippen LogP contribution in [0, 0.1) is 11.8 Å². The van der Waals surface area contributed by atoms with Crippen LogP contribution in [0.2, 0.25) is 0 Å². The Morgan fingerprint density at radius 1 is 0.980 bits per heavy atom. The van der Waals surface area contributed by atoms with E-state index in [1.807, 2.05) is 6.92 Å². The number of urea groups is 1. The van der Waals surface area contributed by atoms with Crippen molar-refractivity contribution in [2.75, 3.05) is 50.5 Å². The SMILES string of the molecule is C[C@@H]1CCCCO[C@@H](CN(C)CC2CCCCC2)[C@H](C)CN([C@H](C)CO)C(=O)c2cc(NC(=O)Nc3ccc(C(F)(F)F)cc3)ccc2O1. The van der Waals surface area contributed by atoms with E-state index in [0.29, 0.717) is 30.5 Å². The summed E-state index contributed by atoms with van der Waals surface area (Å²) in [7, 11) is 2.15. The van der Waals surface area contributed by atoms with Gasteiger partial charge in [0.25, 0.3) is 5.91 Å². The van der Waals surface area contributed by atoms with Crippen molar-refractivity contribution in [1.82, 2.24) is 9.80 Å². The molecule has 0 spiro atoms. The molecule has 1 fully saturated rings. The van der Waals surface area contributed by atoms with E-state index in [2.05, 4.69) is 29.5 Å². The van der Waals surface area contributed by atoms with Gasteiger partial charge < -0.3 is 35.0 Å². The van der Waals surface area contributed by atoms with Crippen molar-refractivity contribution < 1.29 is 37.3 Å². The van der Waals surface area contributed by atoms with E-state index in [0.717, 1.165) is 44.5 Å². The van der Waals surface area contributed by atoms with Gasteiger partial charge in [-0.25, -0.2) is 4.79 Å². The van der Waals surface area contributed by atoms with E-state index in [1.54, 1.807) is 24.0 Å². The molecule has 49 heavy (non-hydrogen) atoms. The number of carbonyl (C=O) groups excluding carboxylic acids is 2. The van der Waals surface area contributed by atoms with E-state index >= 15 is 0 Å². The van der Waals surface area contributed by atoms with Gasteiger partial charge in [-0.3, -0.25) is 4.79 Å². The van der Waals surface area contributed by atoms with Crippen molar-refractivity contribution >= 4 is 23.3 Å². The first kappa shape index (κ1) is 38.5. The molecule has 1 aliphatic heterocycles. The van der Waals surface area contributed by atoms with Gasteiger partial charge in [-0.1, -0.05) is 26.2 Å². The zero-order valence-electron chi connectivity index (χ0n) is 29.2. The van der Waals surface area contributed by atoms with E-state index < -0.39 is 23.8 Å². The Labute approximate surface area is 288 Å². The van der Waals surface area contributed by atoms with Crippen LogP contribution >= 0.6 is 0 Å². The normalized spacial score (nSPS) is 22.5. The fraction of sp³-hybridized carbons (Fsp3) is 0.622. The molecule has 0 bridgehead atoms. The Hall–Kier alpha value is -3.35. The van der Waals surface area contributed by atoms with Crippen LogP contribution in [0.5, 0.6) is 5.75 Å². The summed E-state index contributed by atoms with van der Waals surface area (Å²) in [4.78, 5) is 31.2. The van der Waals surface area contributed by atoms with Crippen LogP contribution in [-0.4, -0.2) is 85.0 Å². The Bertz CT molecular complexity index is 1350. The summed E-state index contributed by atoms with van der Waals surface area (Å²) >= 11 is 0. The fourth-order valence-corrected chi connectivity index (χ4v) is 6.69. The Morgan fingerprint density at radius 2 is 1.63 bits per heavy atom. The quantitative estimate of drug-likeness (QED) is 0.263. The molecule has 12 heteroatoms. The minimum atomic E-state index is -4.49. The van der Waals surface area contributed by atoms with E-state index in [-0.39, 0.29) is 41.9 Å². The number of hydrogen-bond donors (Lipinski definition) is 3. The molecule has 0 unspecified atom stereocenters. The van der Waals surface area contributed by atoms with Crippen molar-refractivity contribution in [2.45, 2.75) is 96.6 Å². The highest BCUT2D eigenvalue weighted by Gasteiger charge is 2.32. The molecular formula is C37H53F3N4O5. The lowest BCUT2D eigenvalue weighted by atomic mass is 9.89. The number of hydrogen-bond acceptors (Lipinski definition) is 6. The van der Waals surface area contributed by atoms with Crippen LogP contribution < -0.4 is 15.4 Å². The van der Waals surface area contributed by atoms with Crippen molar-refractivity contribution in [2.24, 2.45) is 11.8 Å². The summed E-state index contributed by atoms with van der Waals surface area (Å²) in [6.07, 6.45) is 4.13. The second-order valence-electron chi connectivity index (χ2n) is 13.9. The number of carbonyl (C=O) groups is 2. The van der Waals surface area contributed by atoms with Gasteiger partial charge in [0.15, 0.2) is 0 Å². The van der Waals surface area contributed by atoms with Gasteiger partial charge in [0, 0.05) is 43.5 Å². The average Bonchev–Trinajstić information content (AvgIpc) is 3.06. The number of nitrogens with zero attached hydrogens (tertiary/aromatic N) is 2. The van der Waals surface area contributed by atoms with Gasteiger partial charge in [-0.2, -0.15) is 13.2 Å². The number of halogens is 3. The molecule has 2 aromatic rings. The number of alkyl halides is 3. The molecule has 0 aromatic heterocycles.